The quantitative estimate of drug-likeness (QED) is 0.218. The Bertz CT molecular complexity index is 1180. The molecule has 2 saturated carbocycles. The number of ether oxygens (including phenoxy) is 2. The SMILES string of the molecule is C=C[C@]1(C)C[C@@H](OC(=O)COc2ccc3c(c2)B(O)NN=C3)[C@@]2(C)C[C@](C[C@H](O)C(C)=O)(CC[C@H]2C)[C@@H](C)[C@@H]1O. The lowest BCUT2D eigenvalue weighted by atomic mass is 9.47. The fourth-order valence-electron chi connectivity index (χ4n) is 7.18. The summed E-state index contributed by atoms with van der Waals surface area (Å²) in [6.07, 6.45) is 3.69. The van der Waals surface area contributed by atoms with Crippen molar-refractivity contribution >= 4 is 30.5 Å². The first-order valence-electron chi connectivity index (χ1n) is 14.2. The highest BCUT2D eigenvalue weighted by Crippen LogP contribution is 2.62. The van der Waals surface area contributed by atoms with E-state index in [0.717, 1.165) is 18.4 Å². The van der Waals surface area contributed by atoms with E-state index in [0.29, 0.717) is 24.1 Å². The molecule has 4 N–H and O–H groups in total. The average molecular weight is 554 g/mol. The van der Waals surface area contributed by atoms with Gasteiger partial charge in [-0.1, -0.05) is 39.8 Å². The number of benzene rings is 1. The van der Waals surface area contributed by atoms with Crippen LogP contribution in [-0.4, -0.2) is 65.2 Å². The van der Waals surface area contributed by atoms with Crippen molar-refractivity contribution in [1.82, 2.24) is 5.34 Å². The summed E-state index contributed by atoms with van der Waals surface area (Å²) >= 11 is 0. The van der Waals surface area contributed by atoms with E-state index in [1.807, 2.05) is 13.8 Å². The normalized spacial score (nSPS) is 35.9. The highest BCUT2D eigenvalue weighted by atomic mass is 16.6. The van der Waals surface area contributed by atoms with Crippen LogP contribution in [-0.2, 0) is 14.3 Å². The fraction of sp³-hybridized carbons (Fsp3) is 0.633. The average Bonchev–Trinajstić information content (AvgIpc) is 2.92. The molecule has 2 aliphatic carbocycles. The number of aliphatic hydroxyl groups is 2. The number of hydrogen-bond acceptors (Lipinski definition) is 9. The fourth-order valence-corrected chi connectivity index (χ4v) is 7.18. The number of nitrogens with zero attached hydrogens (tertiary/aromatic N) is 1. The summed E-state index contributed by atoms with van der Waals surface area (Å²) in [4.78, 5) is 25.3. The Labute approximate surface area is 237 Å². The van der Waals surface area contributed by atoms with Gasteiger partial charge in [0.15, 0.2) is 12.4 Å². The molecule has 1 aromatic rings. The number of nitrogens with one attached hydrogen (secondary N) is 1. The third-order valence-corrected chi connectivity index (χ3v) is 10.3. The van der Waals surface area contributed by atoms with Crippen LogP contribution in [0.15, 0.2) is 36.0 Å². The Kier molecular flexibility index (Phi) is 8.55. The van der Waals surface area contributed by atoms with Crippen molar-refractivity contribution in [3.8, 4) is 5.75 Å². The van der Waals surface area contributed by atoms with Crippen molar-refractivity contribution in [2.45, 2.75) is 85.0 Å². The third kappa shape index (κ3) is 5.58. The van der Waals surface area contributed by atoms with E-state index < -0.39 is 47.6 Å². The number of hydrogen-bond donors (Lipinski definition) is 4. The molecule has 1 aromatic carbocycles. The van der Waals surface area contributed by atoms with Crippen LogP contribution < -0.4 is 15.5 Å². The van der Waals surface area contributed by atoms with Crippen molar-refractivity contribution in [1.29, 1.82) is 0 Å². The lowest BCUT2D eigenvalue weighted by Gasteiger charge is -2.60. The molecule has 9 nitrogen and oxygen atoms in total. The van der Waals surface area contributed by atoms with Gasteiger partial charge in [0.2, 0.25) is 0 Å². The van der Waals surface area contributed by atoms with Gasteiger partial charge >= 0.3 is 13.0 Å². The number of rotatable bonds is 8. The molecule has 0 spiro atoms. The van der Waals surface area contributed by atoms with Crippen LogP contribution in [0.3, 0.4) is 0 Å². The predicted molar refractivity (Wildman–Crippen MR) is 153 cm³/mol. The smallest absolute Gasteiger partial charge is 0.464 e. The number of ketones is 1. The highest BCUT2D eigenvalue weighted by molar-refractivity contribution is 6.65. The topological polar surface area (TPSA) is 138 Å². The molecular weight excluding hydrogens is 511 g/mol. The van der Waals surface area contributed by atoms with Gasteiger partial charge in [0.1, 0.15) is 18.0 Å². The molecule has 2 fully saturated rings. The van der Waals surface area contributed by atoms with Crippen LogP contribution in [0.5, 0.6) is 5.75 Å². The van der Waals surface area contributed by atoms with Gasteiger partial charge in [-0.15, -0.1) is 6.58 Å². The maximum Gasteiger partial charge on any atom is 0.464 e. The van der Waals surface area contributed by atoms with Crippen LogP contribution >= 0.6 is 0 Å². The summed E-state index contributed by atoms with van der Waals surface area (Å²) in [7, 11) is -0.967. The van der Waals surface area contributed by atoms with Gasteiger partial charge in [-0.3, -0.25) is 4.79 Å². The van der Waals surface area contributed by atoms with E-state index in [1.54, 1.807) is 30.5 Å². The van der Waals surface area contributed by atoms with Gasteiger partial charge in [0.25, 0.3) is 0 Å². The standard InChI is InChI=1S/C30H43BN2O7/c1-7-28(5)14-25(40-26(36)16-39-22-9-8-21-15-32-33-31(38)23(21)12-22)29(6)17-30(11-10-18(29)2,19(3)27(28)37)13-24(35)20(4)34/h7-9,12,15,18-19,24-25,27,33,35,37-38H,1,10-11,13-14,16-17H2,2-6H3/t18-,19+,24+,25-,27+,28-,29+,30-/m1/s1. The Balaban J connectivity index is 1.59. The first kappa shape index (κ1) is 30.3. The van der Waals surface area contributed by atoms with Crippen LogP contribution in [0, 0.1) is 28.1 Å². The first-order valence-corrected chi connectivity index (χ1v) is 14.2. The summed E-state index contributed by atoms with van der Waals surface area (Å²) in [5.74, 6) is -0.426. The maximum absolute atomic E-state index is 13.2. The van der Waals surface area contributed by atoms with Gasteiger partial charge in [-0.2, -0.15) is 5.10 Å². The van der Waals surface area contributed by atoms with E-state index in [2.05, 4.69) is 30.9 Å². The van der Waals surface area contributed by atoms with Crippen LogP contribution in [0.2, 0.25) is 0 Å². The zero-order valence-corrected chi connectivity index (χ0v) is 24.2. The van der Waals surface area contributed by atoms with Gasteiger partial charge in [-0.25, -0.2) is 4.79 Å². The largest absolute Gasteiger partial charge is 0.482 e. The van der Waals surface area contributed by atoms with Gasteiger partial charge in [0, 0.05) is 10.8 Å². The number of esters is 1. The molecule has 0 radical (unpaired) electrons. The second-order valence-electron chi connectivity index (χ2n) is 12.8. The van der Waals surface area contributed by atoms with Crippen molar-refractivity contribution < 1.29 is 34.3 Å². The Morgan fingerprint density at radius 3 is 2.73 bits per heavy atom. The van der Waals surface area contributed by atoms with Crippen LogP contribution in [0.1, 0.15) is 72.3 Å². The molecule has 10 heteroatoms. The number of Topliss-reactive ketones (excluding diaryl/α,β-unsaturated/α-hetero) is 1. The van der Waals surface area contributed by atoms with Crippen molar-refractivity contribution in [3.63, 3.8) is 0 Å². The summed E-state index contributed by atoms with van der Waals surface area (Å²) in [6, 6.07) is 5.13. The molecular formula is C30H43BN2O7. The molecule has 0 saturated heterocycles. The van der Waals surface area contributed by atoms with Crippen molar-refractivity contribution in [2.75, 3.05) is 6.61 Å². The maximum atomic E-state index is 13.2. The number of carbonyl (C=O) groups excluding carboxylic acids is 2. The summed E-state index contributed by atoms with van der Waals surface area (Å²) in [5.41, 5.74) is -0.397. The molecule has 4 rings (SSSR count). The zero-order chi connectivity index (χ0) is 29.5. The molecule has 8 atom stereocenters. The third-order valence-electron chi connectivity index (χ3n) is 10.3. The molecule has 0 amide bonds. The molecule has 0 aromatic heterocycles. The molecule has 3 aliphatic rings. The second-order valence-corrected chi connectivity index (χ2v) is 12.8. The first-order chi connectivity index (χ1) is 18.7. The zero-order valence-electron chi connectivity index (χ0n) is 24.2. The van der Waals surface area contributed by atoms with Crippen molar-refractivity contribution in [2.24, 2.45) is 33.2 Å². The number of hydrazone groups is 1. The van der Waals surface area contributed by atoms with Gasteiger partial charge in [0.05, 0.1) is 12.3 Å². The minimum absolute atomic E-state index is 0.196. The van der Waals surface area contributed by atoms with Crippen LogP contribution in [0.4, 0.5) is 0 Å². The summed E-state index contributed by atoms with van der Waals surface area (Å²) in [5, 5.41) is 39.0. The van der Waals surface area contributed by atoms with Crippen molar-refractivity contribution in [3.05, 3.63) is 36.4 Å². The lowest BCUT2D eigenvalue weighted by molar-refractivity contribution is -0.193. The molecule has 1 heterocycles. The molecule has 40 heavy (non-hydrogen) atoms. The van der Waals surface area contributed by atoms with Crippen LogP contribution in [0.25, 0.3) is 0 Å². The van der Waals surface area contributed by atoms with E-state index in [4.69, 9.17) is 9.47 Å². The minimum Gasteiger partial charge on any atom is -0.482 e. The molecule has 2 bridgehead atoms. The second kappa shape index (κ2) is 11.3. The Morgan fingerprint density at radius 1 is 1.32 bits per heavy atom. The molecule has 1 aliphatic heterocycles. The van der Waals surface area contributed by atoms with E-state index in [-0.39, 0.29) is 30.6 Å². The molecule has 0 unspecified atom stereocenters. The van der Waals surface area contributed by atoms with E-state index in [9.17, 15) is 24.8 Å². The summed E-state index contributed by atoms with van der Waals surface area (Å²) < 4.78 is 11.9. The van der Waals surface area contributed by atoms with E-state index >= 15 is 0 Å². The minimum atomic E-state index is -1.12. The number of carbonyl (C=O) groups is 2. The Hall–Kier alpha value is -2.69. The van der Waals surface area contributed by atoms with Gasteiger partial charge in [-0.05, 0) is 79.4 Å². The van der Waals surface area contributed by atoms with E-state index in [1.165, 1.54) is 6.92 Å². The lowest BCUT2D eigenvalue weighted by Crippen LogP contribution is -2.59. The predicted octanol–water partition coefficient (Wildman–Crippen LogP) is 2.35. The number of fused-ring (bicyclic) bond motifs is 3. The monoisotopic (exact) mass is 554 g/mol. The summed E-state index contributed by atoms with van der Waals surface area (Å²) in [6.45, 7) is 13.3. The highest BCUT2D eigenvalue weighted by Gasteiger charge is 2.59. The number of aliphatic hydroxyl groups excluding tert-OH is 2. The van der Waals surface area contributed by atoms with Gasteiger partial charge < -0.3 is 30.0 Å². The molecule has 218 valence electrons. The Morgan fingerprint density at radius 2 is 2.05 bits per heavy atom.